The van der Waals surface area contributed by atoms with E-state index in [4.69, 9.17) is 5.11 Å². The van der Waals surface area contributed by atoms with Crippen molar-refractivity contribution in [1.29, 1.82) is 5.26 Å². The third-order valence-electron chi connectivity index (χ3n) is 3.28. The molecular formula is C16H19N3O. The number of pyridine rings is 1. The minimum atomic E-state index is 0.138. The zero-order chi connectivity index (χ0) is 14.5. The van der Waals surface area contributed by atoms with E-state index in [-0.39, 0.29) is 12.6 Å². The van der Waals surface area contributed by atoms with Gasteiger partial charge in [0.25, 0.3) is 0 Å². The lowest BCUT2D eigenvalue weighted by molar-refractivity contribution is 0.288. The van der Waals surface area contributed by atoms with Crippen LogP contribution in [0.1, 0.15) is 25.8 Å². The van der Waals surface area contributed by atoms with Crippen LogP contribution in [0.15, 0.2) is 30.3 Å². The van der Waals surface area contributed by atoms with Crippen LogP contribution in [-0.2, 0) is 0 Å². The summed E-state index contributed by atoms with van der Waals surface area (Å²) in [6.07, 6.45) is 0.664. The Morgan fingerprint density at radius 3 is 2.75 bits per heavy atom. The van der Waals surface area contributed by atoms with Gasteiger partial charge < -0.3 is 10.0 Å². The van der Waals surface area contributed by atoms with Crippen molar-refractivity contribution in [2.45, 2.75) is 26.3 Å². The van der Waals surface area contributed by atoms with E-state index in [0.29, 0.717) is 24.3 Å². The monoisotopic (exact) mass is 269 g/mol. The van der Waals surface area contributed by atoms with Crippen molar-refractivity contribution >= 4 is 16.7 Å². The molecule has 1 N–H and O–H groups in total. The molecule has 2 rings (SSSR count). The first-order chi connectivity index (χ1) is 9.67. The van der Waals surface area contributed by atoms with E-state index in [2.05, 4.69) is 29.8 Å². The minimum absolute atomic E-state index is 0.138. The molecule has 20 heavy (non-hydrogen) atoms. The van der Waals surface area contributed by atoms with Gasteiger partial charge in [0, 0.05) is 24.6 Å². The highest BCUT2D eigenvalue weighted by molar-refractivity contribution is 5.83. The number of hydrogen-bond acceptors (Lipinski definition) is 4. The van der Waals surface area contributed by atoms with Gasteiger partial charge in [-0.2, -0.15) is 5.26 Å². The number of fused-ring (bicyclic) bond motifs is 1. The van der Waals surface area contributed by atoms with Gasteiger partial charge in [-0.1, -0.05) is 18.2 Å². The van der Waals surface area contributed by atoms with Gasteiger partial charge in [0.1, 0.15) is 11.9 Å². The summed E-state index contributed by atoms with van der Waals surface area (Å²) in [6, 6.07) is 12.1. The topological polar surface area (TPSA) is 60.1 Å². The predicted molar refractivity (Wildman–Crippen MR) is 80.6 cm³/mol. The van der Waals surface area contributed by atoms with E-state index in [9.17, 15) is 5.26 Å². The van der Waals surface area contributed by atoms with Crippen LogP contribution in [0.4, 0.5) is 5.82 Å². The Labute approximate surface area is 119 Å². The van der Waals surface area contributed by atoms with E-state index in [1.54, 1.807) is 0 Å². The van der Waals surface area contributed by atoms with Gasteiger partial charge in [-0.05, 0) is 32.4 Å². The molecule has 0 amide bonds. The summed E-state index contributed by atoms with van der Waals surface area (Å²) in [4.78, 5) is 6.71. The van der Waals surface area contributed by atoms with Gasteiger partial charge >= 0.3 is 0 Å². The van der Waals surface area contributed by atoms with Crippen molar-refractivity contribution in [3.8, 4) is 6.07 Å². The first-order valence-corrected chi connectivity index (χ1v) is 6.84. The van der Waals surface area contributed by atoms with E-state index in [1.165, 1.54) is 0 Å². The molecule has 0 saturated heterocycles. The quantitative estimate of drug-likeness (QED) is 0.906. The molecule has 1 aromatic heterocycles. The van der Waals surface area contributed by atoms with Crippen LogP contribution in [0.5, 0.6) is 0 Å². The molecule has 0 unspecified atom stereocenters. The molecule has 0 atom stereocenters. The van der Waals surface area contributed by atoms with Crippen molar-refractivity contribution in [2.75, 3.05) is 18.1 Å². The number of nitrogens with zero attached hydrogens (tertiary/aromatic N) is 3. The number of hydrogen-bond donors (Lipinski definition) is 1. The fraction of sp³-hybridized carbons (Fsp3) is 0.375. The van der Waals surface area contributed by atoms with Crippen molar-refractivity contribution in [2.24, 2.45) is 0 Å². The highest BCUT2D eigenvalue weighted by atomic mass is 16.3. The number of benzene rings is 1. The Morgan fingerprint density at radius 2 is 2.10 bits per heavy atom. The third kappa shape index (κ3) is 2.89. The molecule has 4 nitrogen and oxygen atoms in total. The number of aromatic nitrogens is 1. The standard InChI is InChI=1S/C16H19N3O/c1-12(2)19(8-5-9-20)16-14(11-17)10-13-6-3-4-7-15(13)18-16/h3-4,6-7,10,12,20H,5,8-9H2,1-2H3. The number of nitriles is 1. The Bertz CT molecular complexity index is 631. The number of aliphatic hydroxyl groups excluding tert-OH is 1. The number of para-hydroxylation sites is 1. The van der Waals surface area contributed by atoms with Crippen molar-refractivity contribution in [3.63, 3.8) is 0 Å². The maximum absolute atomic E-state index is 9.37. The predicted octanol–water partition coefficient (Wildman–Crippen LogP) is 2.70. The molecule has 0 aliphatic heterocycles. The average molecular weight is 269 g/mol. The van der Waals surface area contributed by atoms with Gasteiger partial charge in [-0.3, -0.25) is 0 Å². The van der Waals surface area contributed by atoms with Crippen LogP contribution in [0.25, 0.3) is 10.9 Å². The lowest BCUT2D eigenvalue weighted by Gasteiger charge is -2.28. The van der Waals surface area contributed by atoms with Crippen LogP contribution < -0.4 is 4.90 Å². The van der Waals surface area contributed by atoms with Crippen molar-refractivity contribution in [3.05, 3.63) is 35.9 Å². The fourth-order valence-electron chi connectivity index (χ4n) is 2.26. The zero-order valence-electron chi connectivity index (χ0n) is 11.9. The highest BCUT2D eigenvalue weighted by Crippen LogP contribution is 2.24. The van der Waals surface area contributed by atoms with Gasteiger partial charge in [0.15, 0.2) is 0 Å². The highest BCUT2D eigenvalue weighted by Gasteiger charge is 2.16. The molecule has 0 fully saturated rings. The first-order valence-electron chi connectivity index (χ1n) is 6.84. The van der Waals surface area contributed by atoms with Crippen LogP contribution in [0.2, 0.25) is 0 Å². The molecule has 0 aliphatic carbocycles. The average Bonchev–Trinajstić information content (AvgIpc) is 2.46. The minimum Gasteiger partial charge on any atom is -0.396 e. The Kier molecular flexibility index (Phi) is 4.54. The fourth-order valence-corrected chi connectivity index (χ4v) is 2.26. The van der Waals surface area contributed by atoms with Crippen molar-refractivity contribution in [1.82, 2.24) is 4.98 Å². The second-order valence-electron chi connectivity index (χ2n) is 5.03. The molecule has 2 aromatic rings. The maximum atomic E-state index is 9.37. The number of aliphatic hydroxyl groups is 1. The molecular weight excluding hydrogens is 250 g/mol. The summed E-state index contributed by atoms with van der Waals surface area (Å²) < 4.78 is 0. The second-order valence-corrected chi connectivity index (χ2v) is 5.03. The Balaban J connectivity index is 2.52. The number of rotatable bonds is 5. The molecule has 104 valence electrons. The summed E-state index contributed by atoms with van der Waals surface area (Å²) in [5, 5.41) is 19.4. The summed E-state index contributed by atoms with van der Waals surface area (Å²) >= 11 is 0. The summed E-state index contributed by atoms with van der Waals surface area (Å²) in [5.74, 6) is 0.703. The van der Waals surface area contributed by atoms with E-state index < -0.39 is 0 Å². The van der Waals surface area contributed by atoms with Crippen molar-refractivity contribution < 1.29 is 5.11 Å². The Morgan fingerprint density at radius 1 is 1.35 bits per heavy atom. The van der Waals surface area contributed by atoms with Gasteiger partial charge in [0.05, 0.1) is 11.1 Å². The number of anilines is 1. The van der Waals surface area contributed by atoms with Crippen LogP contribution in [0.3, 0.4) is 0 Å². The summed E-state index contributed by atoms with van der Waals surface area (Å²) in [6.45, 7) is 4.96. The zero-order valence-corrected chi connectivity index (χ0v) is 11.9. The van der Waals surface area contributed by atoms with E-state index in [0.717, 1.165) is 10.9 Å². The van der Waals surface area contributed by atoms with E-state index in [1.807, 2.05) is 30.3 Å². The lowest BCUT2D eigenvalue weighted by atomic mass is 10.1. The van der Waals surface area contributed by atoms with Gasteiger partial charge in [-0.25, -0.2) is 4.98 Å². The molecule has 4 heteroatoms. The lowest BCUT2D eigenvalue weighted by Crippen LogP contribution is -2.33. The molecule has 0 aliphatic rings. The van der Waals surface area contributed by atoms with Gasteiger partial charge in [-0.15, -0.1) is 0 Å². The summed E-state index contributed by atoms with van der Waals surface area (Å²) in [7, 11) is 0. The molecule has 0 radical (unpaired) electrons. The normalized spacial score (nSPS) is 10.8. The maximum Gasteiger partial charge on any atom is 0.147 e. The molecule has 0 saturated carbocycles. The van der Waals surface area contributed by atoms with Crippen LogP contribution >= 0.6 is 0 Å². The van der Waals surface area contributed by atoms with E-state index >= 15 is 0 Å². The van der Waals surface area contributed by atoms with Gasteiger partial charge in [0.2, 0.25) is 0 Å². The first kappa shape index (κ1) is 14.3. The Hall–Kier alpha value is -2.12. The molecule has 0 bridgehead atoms. The molecule has 1 heterocycles. The molecule has 0 spiro atoms. The van der Waals surface area contributed by atoms with Crippen LogP contribution in [0, 0.1) is 11.3 Å². The SMILES string of the molecule is CC(C)N(CCCO)c1nc2ccccc2cc1C#N. The summed E-state index contributed by atoms with van der Waals surface area (Å²) in [5.41, 5.74) is 1.46. The second kappa shape index (κ2) is 6.36. The third-order valence-corrected chi connectivity index (χ3v) is 3.28. The van der Waals surface area contributed by atoms with Crippen LogP contribution in [-0.4, -0.2) is 29.3 Å². The smallest absolute Gasteiger partial charge is 0.147 e. The largest absolute Gasteiger partial charge is 0.396 e. The molecule has 1 aromatic carbocycles.